The number of aliphatic carboxylic acids is 1. The quantitative estimate of drug-likeness (QED) is 0.828. The van der Waals surface area contributed by atoms with Crippen LogP contribution in [0.2, 0.25) is 0 Å². The number of carboxylic acids is 1. The fraction of sp³-hybridized carbons (Fsp3) is 0.300. The summed E-state index contributed by atoms with van der Waals surface area (Å²) in [6.45, 7) is 0.925. The summed E-state index contributed by atoms with van der Waals surface area (Å²) in [6.07, 6.45) is 1.38. The van der Waals surface area contributed by atoms with Crippen LogP contribution in [0, 0.1) is 5.92 Å². The third-order valence-corrected chi connectivity index (χ3v) is 5.66. The molecule has 2 aromatic carbocycles. The van der Waals surface area contributed by atoms with Crippen LogP contribution in [0.1, 0.15) is 23.7 Å². The van der Waals surface area contributed by atoms with Gasteiger partial charge in [0.1, 0.15) is 5.25 Å². The molecule has 3 rings (SSSR count). The Bertz CT molecular complexity index is 720. The molecule has 1 aliphatic rings. The molecule has 0 bridgehead atoms. The second-order valence-electron chi connectivity index (χ2n) is 6.18. The van der Waals surface area contributed by atoms with E-state index in [1.165, 1.54) is 11.8 Å². The molecule has 1 amide bonds. The highest BCUT2D eigenvalue weighted by atomic mass is 32.2. The Labute approximate surface area is 151 Å². The third-order valence-electron chi connectivity index (χ3n) is 4.41. The summed E-state index contributed by atoms with van der Waals surface area (Å²) in [5.74, 6) is -1.29. The summed E-state index contributed by atoms with van der Waals surface area (Å²) in [6, 6.07) is 19.5. The van der Waals surface area contributed by atoms with E-state index in [4.69, 9.17) is 0 Å². The van der Waals surface area contributed by atoms with Gasteiger partial charge in [0.05, 0.1) is 5.92 Å². The minimum absolute atomic E-state index is 0.00833. The lowest BCUT2D eigenvalue weighted by atomic mass is 9.97. The fourth-order valence-corrected chi connectivity index (χ4v) is 4.20. The maximum Gasteiger partial charge on any atom is 0.308 e. The molecular formula is C20H21NO3S. The van der Waals surface area contributed by atoms with Gasteiger partial charge in [-0.3, -0.25) is 9.59 Å². The molecule has 0 aromatic heterocycles. The zero-order valence-corrected chi connectivity index (χ0v) is 14.7. The van der Waals surface area contributed by atoms with Gasteiger partial charge in [0.25, 0.3) is 0 Å². The molecule has 0 aliphatic carbocycles. The molecule has 25 heavy (non-hydrogen) atoms. The third kappa shape index (κ3) is 4.42. The number of benzene rings is 2. The smallest absolute Gasteiger partial charge is 0.308 e. The van der Waals surface area contributed by atoms with E-state index in [-0.39, 0.29) is 11.2 Å². The van der Waals surface area contributed by atoms with E-state index in [2.05, 4.69) is 0 Å². The van der Waals surface area contributed by atoms with Crippen molar-refractivity contribution in [2.24, 2.45) is 5.92 Å². The van der Waals surface area contributed by atoms with Crippen molar-refractivity contribution < 1.29 is 14.7 Å². The maximum atomic E-state index is 13.2. The monoisotopic (exact) mass is 355 g/mol. The van der Waals surface area contributed by atoms with Crippen molar-refractivity contribution >= 4 is 23.6 Å². The van der Waals surface area contributed by atoms with E-state index >= 15 is 0 Å². The normalized spacial score (nSPS) is 18.6. The molecule has 0 spiro atoms. The molecule has 0 radical (unpaired) electrons. The van der Waals surface area contributed by atoms with E-state index in [0.29, 0.717) is 19.5 Å². The van der Waals surface area contributed by atoms with Crippen molar-refractivity contribution in [2.75, 3.05) is 13.1 Å². The summed E-state index contributed by atoms with van der Waals surface area (Å²) in [7, 11) is 0. The first-order chi connectivity index (χ1) is 12.1. The van der Waals surface area contributed by atoms with Crippen LogP contribution in [0.4, 0.5) is 0 Å². The molecule has 0 unspecified atom stereocenters. The number of hydrogen-bond acceptors (Lipinski definition) is 3. The Morgan fingerprint density at radius 2 is 1.68 bits per heavy atom. The number of likely N-dealkylation sites (tertiary alicyclic amines) is 1. The molecule has 2 atom stereocenters. The molecule has 5 heteroatoms. The zero-order chi connectivity index (χ0) is 17.6. The molecule has 1 N–H and O–H groups in total. The fourth-order valence-electron chi connectivity index (χ4n) is 3.07. The summed E-state index contributed by atoms with van der Waals surface area (Å²) in [5.41, 5.74) is 0.943. The van der Waals surface area contributed by atoms with E-state index in [1.54, 1.807) is 4.90 Å². The summed E-state index contributed by atoms with van der Waals surface area (Å²) < 4.78 is 0. The summed E-state index contributed by atoms with van der Waals surface area (Å²) in [5, 5.41) is 8.92. The average molecular weight is 355 g/mol. The Kier molecular flexibility index (Phi) is 5.76. The van der Waals surface area contributed by atoms with E-state index < -0.39 is 11.9 Å². The molecule has 0 saturated carbocycles. The standard InChI is InChI=1S/C20H21NO3S/c22-19(21-13-7-10-16(14-21)20(23)24)18(15-8-3-1-4-9-15)25-17-11-5-2-6-12-17/h1-6,8-9,11-12,16,18H,7,10,13-14H2,(H,23,24)/t16-,18-/m1/s1. The molecule has 130 valence electrons. The molecule has 4 nitrogen and oxygen atoms in total. The van der Waals surface area contributed by atoms with Crippen LogP contribution in [-0.2, 0) is 9.59 Å². The Hall–Kier alpha value is -2.27. The number of piperidine rings is 1. The van der Waals surface area contributed by atoms with Crippen molar-refractivity contribution in [1.82, 2.24) is 4.90 Å². The van der Waals surface area contributed by atoms with Gasteiger partial charge in [-0.05, 0) is 30.5 Å². The highest BCUT2D eigenvalue weighted by Crippen LogP contribution is 2.37. The van der Waals surface area contributed by atoms with Gasteiger partial charge >= 0.3 is 5.97 Å². The van der Waals surface area contributed by atoms with Crippen LogP contribution in [0.15, 0.2) is 65.6 Å². The number of amides is 1. The lowest BCUT2D eigenvalue weighted by Crippen LogP contribution is -2.43. The van der Waals surface area contributed by atoms with Gasteiger partial charge < -0.3 is 10.0 Å². The largest absolute Gasteiger partial charge is 0.481 e. The van der Waals surface area contributed by atoms with Crippen LogP contribution in [0.5, 0.6) is 0 Å². The van der Waals surface area contributed by atoms with Crippen molar-refractivity contribution in [1.29, 1.82) is 0 Å². The Morgan fingerprint density at radius 1 is 1.04 bits per heavy atom. The van der Waals surface area contributed by atoms with E-state index in [0.717, 1.165) is 16.9 Å². The van der Waals surface area contributed by atoms with Crippen molar-refractivity contribution in [3.05, 3.63) is 66.2 Å². The second-order valence-corrected chi connectivity index (χ2v) is 7.36. The highest BCUT2D eigenvalue weighted by molar-refractivity contribution is 8.00. The molecule has 1 saturated heterocycles. The van der Waals surface area contributed by atoms with Gasteiger partial charge in [0, 0.05) is 18.0 Å². The first-order valence-corrected chi connectivity index (χ1v) is 9.31. The summed E-state index contributed by atoms with van der Waals surface area (Å²) >= 11 is 1.51. The highest BCUT2D eigenvalue weighted by Gasteiger charge is 2.32. The molecular weight excluding hydrogens is 334 g/mol. The number of nitrogens with zero attached hydrogens (tertiary/aromatic N) is 1. The number of carbonyl (C=O) groups excluding carboxylic acids is 1. The topological polar surface area (TPSA) is 57.6 Å². The van der Waals surface area contributed by atoms with Gasteiger partial charge in [0.2, 0.25) is 5.91 Å². The van der Waals surface area contributed by atoms with Gasteiger partial charge in [0.15, 0.2) is 0 Å². The van der Waals surface area contributed by atoms with Crippen molar-refractivity contribution in [3.8, 4) is 0 Å². The first kappa shape index (κ1) is 17.5. The maximum absolute atomic E-state index is 13.2. The average Bonchev–Trinajstić information content (AvgIpc) is 2.67. The number of rotatable bonds is 5. The van der Waals surface area contributed by atoms with Crippen molar-refractivity contribution in [2.45, 2.75) is 23.0 Å². The SMILES string of the molecule is O=C(O)[C@@H]1CCCN(C(=O)[C@H](Sc2ccccc2)c2ccccc2)C1. The van der Waals surface area contributed by atoms with Gasteiger partial charge in [-0.25, -0.2) is 0 Å². The van der Waals surface area contributed by atoms with Crippen LogP contribution >= 0.6 is 11.8 Å². The first-order valence-electron chi connectivity index (χ1n) is 8.43. The minimum atomic E-state index is -0.815. The second kappa shape index (κ2) is 8.21. The zero-order valence-electron chi connectivity index (χ0n) is 13.9. The molecule has 1 aliphatic heterocycles. The van der Waals surface area contributed by atoms with Crippen molar-refractivity contribution in [3.63, 3.8) is 0 Å². The van der Waals surface area contributed by atoms with Crippen LogP contribution in [0.25, 0.3) is 0 Å². The van der Waals surface area contributed by atoms with Gasteiger partial charge in [-0.15, -0.1) is 11.8 Å². The van der Waals surface area contributed by atoms with Crippen LogP contribution in [0.3, 0.4) is 0 Å². The van der Waals surface area contributed by atoms with E-state index in [9.17, 15) is 14.7 Å². The minimum Gasteiger partial charge on any atom is -0.481 e. The number of carbonyl (C=O) groups is 2. The molecule has 2 aromatic rings. The van der Waals surface area contributed by atoms with Gasteiger partial charge in [-0.2, -0.15) is 0 Å². The number of carboxylic acid groups (broad SMARTS) is 1. The lowest BCUT2D eigenvalue weighted by Gasteiger charge is -2.33. The Morgan fingerprint density at radius 3 is 2.32 bits per heavy atom. The van der Waals surface area contributed by atoms with E-state index in [1.807, 2.05) is 60.7 Å². The predicted octanol–water partition coefficient (Wildman–Crippen LogP) is 3.84. The number of hydrogen-bond donors (Lipinski definition) is 1. The van der Waals surface area contributed by atoms with Crippen LogP contribution < -0.4 is 0 Å². The lowest BCUT2D eigenvalue weighted by molar-refractivity contribution is -0.145. The predicted molar refractivity (Wildman–Crippen MR) is 98.4 cm³/mol. The van der Waals surface area contributed by atoms with Crippen LogP contribution in [-0.4, -0.2) is 35.0 Å². The van der Waals surface area contributed by atoms with Gasteiger partial charge in [-0.1, -0.05) is 48.5 Å². The molecule has 1 fully saturated rings. The summed E-state index contributed by atoms with van der Waals surface area (Å²) in [4.78, 5) is 27.2. The Balaban J connectivity index is 1.83. The molecule has 1 heterocycles. The number of thioether (sulfide) groups is 1.